The van der Waals surface area contributed by atoms with Crippen LogP contribution in [0.25, 0.3) is 0 Å². The van der Waals surface area contributed by atoms with Crippen LogP contribution in [0, 0.1) is 5.92 Å². The van der Waals surface area contributed by atoms with Gasteiger partial charge in [-0.3, -0.25) is 4.79 Å². The first kappa shape index (κ1) is 24.7. The fraction of sp³-hybridized carbons (Fsp3) is 0.708. The van der Waals surface area contributed by atoms with Crippen molar-refractivity contribution >= 4 is 5.97 Å². The molecule has 0 fully saturated rings. The van der Waals surface area contributed by atoms with E-state index in [1.165, 1.54) is 32.1 Å². The Morgan fingerprint density at radius 2 is 1.23 bits per heavy atom. The molecule has 1 atom stereocenters. The van der Waals surface area contributed by atoms with Gasteiger partial charge in [0.05, 0.1) is 5.92 Å². The first-order valence-corrected chi connectivity index (χ1v) is 10.9. The van der Waals surface area contributed by atoms with Gasteiger partial charge in [0, 0.05) is 0 Å². The second-order valence-electron chi connectivity index (χ2n) is 7.19. The summed E-state index contributed by atoms with van der Waals surface area (Å²) in [6, 6.07) is 0. The zero-order chi connectivity index (χ0) is 19.3. The van der Waals surface area contributed by atoms with Gasteiger partial charge in [-0.15, -0.1) is 0 Å². The van der Waals surface area contributed by atoms with Crippen molar-refractivity contribution in [3.63, 3.8) is 0 Å². The number of aliphatic carboxylic acids is 1. The lowest BCUT2D eigenvalue weighted by Crippen LogP contribution is -2.13. The van der Waals surface area contributed by atoms with E-state index in [1.54, 1.807) is 0 Å². The molecule has 0 aliphatic carbocycles. The molecular formula is C24H42O2. The Morgan fingerprint density at radius 3 is 1.81 bits per heavy atom. The molecule has 0 spiro atoms. The summed E-state index contributed by atoms with van der Waals surface area (Å²) >= 11 is 0. The minimum atomic E-state index is -0.606. The first-order valence-electron chi connectivity index (χ1n) is 10.9. The molecule has 0 aliphatic rings. The predicted molar refractivity (Wildman–Crippen MR) is 115 cm³/mol. The van der Waals surface area contributed by atoms with E-state index in [0.29, 0.717) is 0 Å². The maximum atomic E-state index is 11.4. The molecule has 0 radical (unpaired) electrons. The highest BCUT2D eigenvalue weighted by Crippen LogP contribution is 2.18. The summed E-state index contributed by atoms with van der Waals surface area (Å²) in [6.07, 6.45) is 28.7. The second-order valence-corrected chi connectivity index (χ2v) is 7.19. The zero-order valence-electron chi connectivity index (χ0n) is 17.3. The van der Waals surface area contributed by atoms with E-state index in [4.69, 9.17) is 0 Å². The van der Waals surface area contributed by atoms with Crippen LogP contribution in [-0.4, -0.2) is 11.1 Å². The van der Waals surface area contributed by atoms with E-state index in [2.05, 4.69) is 50.3 Å². The van der Waals surface area contributed by atoms with Crippen molar-refractivity contribution in [3.05, 3.63) is 36.5 Å². The third-order valence-electron chi connectivity index (χ3n) is 4.75. The largest absolute Gasteiger partial charge is 0.481 e. The van der Waals surface area contributed by atoms with Crippen LogP contribution in [0.5, 0.6) is 0 Å². The summed E-state index contributed by atoms with van der Waals surface area (Å²) in [6.45, 7) is 4.28. The molecule has 0 aromatic heterocycles. The van der Waals surface area contributed by atoms with Crippen LogP contribution in [0.3, 0.4) is 0 Å². The van der Waals surface area contributed by atoms with Crippen LogP contribution in [0.2, 0.25) is 0 Å². The predicted octanol–water partition coefficient (Wildman–Crippen LogP) is 7.86. The van der Waals surface area contributed by atoms with Crippen molar-refractivity contribution in [2.75, 3.05) is 0 Å². The molecule has 0 amide bonds. The fourth-order valence-corrected chi connectivity index (χ4v) is 3.07. The Hall–Kier alpha value is -1.31. The SMILES string of the molecule is CC=CCCC=CCCC=CCCCC(CCCCCCCC)C(=O)O. The molecule has 0 bridgehead atoms. The molecule has 0 rings (SSSR count). The highest BCUT2D eigenvalue weighted by molar-refractivity contribution is 5.69. The van der Waals surface area contributed by atoms with Crippen LogP contribution in [0.4, 0.5) is 0 Å². The molecule has 0 saturated heterocycles. The van der Waals surface area contributed by atoms with Gasteiger partial charge in [0.25, 0.3) is 0 Å². The Labute approximate surface area is 162 Å². The number of hydrogen-bond acceptors (Lipinski definition) is 1. The minimum Gasteiger partial charge on any atom is -0.481 e. The van der Waals surface area contributed by atoms with Gasteiger partial charge in [0.1, 0.15) is 0 Å². The summed E-state index contributed by atoms with van der Waals surface area (Å²) in [5.74, 6) is -0.750. The van der Waals surface area contributed by atoms with Crippen LogP contribution >= 0.6 is 0 Å². The number of carbonyl (C=O) groups is 1. The normalized spacial score (nSPS) is 13.3. The van der Waals surface area contributed by atoms with E-state index >= 15 is 0 Å². The molecular weight excluding hydrogens is 320 g/mol. The number of unbranched alkanes of at least 4 members (excludes halogenated alkanes) is 8. The average molecular weight is 363 g/mol. The van der Waals surface area contributed by atoms with Gasteiger partial charge in [-0.25, -0.2) is 0 Å². The number of hydrogen-bond donors (Lipinski definition) is 1. The maximum Gasteiger partial charge on any atom is 0.306 e. The molecule has 0 aromatic rings. The first-order chi connectivity index (χ1) is 12.7. The van der Waals surface area contributed by atoms with Crippen LogP contribution < -0.4 is 0 Å². The van der Waals surface area contributed by atoms with Crippen molar-refractivity contribution in [2.45, 2.75) is 104 Å². The molecule has 0 aliphatic heterocycles. The Kier molecular flexibility index (Phi) is 19.0. The van der Waals surface area contributed by atoms with Crippen molar-refractivity contribution in [1.82, 2.24) is 0 Å². The van der Waals surface area contributed by atoms with Crippen molar-refractivity contribution in [2.24, 2.45) is 5.92 Å². The van der Waals surface area contributed by atoms with E-state index in [1.807, 2.05) is 0 Å². The quantitative estimate of drug-likeness (QED) is 0.199. The van der Waals surface area contributed by atoms with E-state index in [0.717, 1.165) is 57.8 Å². The standard InChI is InChI=1S/C24H42O2/c1-3-5-7-9-11-12-13-14-15-16-18-20-22-23(24(25)26)21-19-17-10-8-6-4-2/h3,5,11-12,15-16,23H,4,6-10,13-14,17-22H2,1-2H3,(H,25,26). The van der Waals surface area contributed by atoms with Crippen molar-refractivity contribution < 1.29 is 9.90 Å². The fourth-order valence-electron chi connectivity index (χ4n) is 3.07. The van der Waals surface area contributed by atoms with Gasteiger partial charge >= 0.3 is 5.97 Å². The number of carboxylic acid groups (broad SMARTS) is 1. The molecule has 2 nitrogen and oxygen atoms in total. The van der Waals surface area contributed by atoms with Crippen LogP contribution in [0.1, 0.15) is 104 Å². The summed E-state index contributed by atoms with van der Waals surface area (Å²) in [5, 5.41) is 9.36. The Morgan fingerprint density at radius 1 is 0.731 bits per heavy atom. The van der Waals surface area contributed by atoms with Gasteiger partial charge in [0.2, 0.25) is 0 Å². The molecule has 2 heteroatoms. The van der Waals surface area contributed by atoms with Gasteiger partial charge in [0.15, 0.2) is 0 Å². The zero-order valence-corrected chi connectivity index (χ0v) is 17.3. The molecule has 26 heavy (non-hydrogen) atoms. The number of carboxylic acids is 1. The summed E-state index contributed by atoms with van der Waals surface area (Å²) < 4.78 is 0. The molecule has 150 valence electrons. The smallest absolute Gasteiger partial charge is 0.306 e. The monoisotopic (exact) mass is 362 g/mol. The van der Waals surface area contributed by atoms with E-state index in [-0.39, 0.29) is 5.92 Å². The lowest BCUT2D eigenvalue weighted by molar-refractivity contribution is -0.142. The lowest BCUT2D eigenvalue weighted by Gasteiger charge is -2.11. The minimum absolute atomic E-state index is 0.144. The van der Waals surface area contributed by atoms with Crippen LogP contribution in [0.15, 0.2) is 36.5 Å². The molecule has 0 saturated carbocycles. The van der Waals surface area contributed by atoms with Crippen LogP contribution in [-0.2, 0) is 4.79 Å². The Balaban J connectivity index is 3.65. The van der Waals surface area contributed by atoms with Gasteiger partial charge < -0.3 is 5.11 Å². The maximum absolute atomic E-state index is 11.4. The molecule has 1 unspecified atom stereocenters. The summed E-state index contributed by atoms with van der Waals surface area (Å²) in [5.41, 5.74) is 0. The van der Waals surface area contributed by atoms with Gasteiger partial charge in [-0.1, -0.05) is 81.9 Å². The summed E-state index contributed by atoms with van der Waals surface area (Å²) in [4.78, 5) is 11.4. The topological polar surface area (TPSA) is 37.3 Å². The van der Waals surface area contributed by atoms with Gasteiger partial charge in [-0.05, 0) is 58.3 Å². The van der Waals surface area contributed by atoms with Gasteiger partial charge in [-0.2, -0.15) is 0 Å². The number of rotatable bonds is 18. The van der Waals surface area contributed by atoms with E-state index in [9.17, 15) is 9.90 Å². The highest BCUT2D eigenvalue weighted by Gasteiger charge is 2.15. The van der Waals surface area contributed by atoms with Crippen molar-refractivity contribution in [3.8, 4) is 0 Å². The van der Waals surface area contributed by atoms with E-state index < -0.39 is 5.97 Å². The Bertz CT molecular complexity index is 393. The second kappa shape index (κ2) is 20.0. The average Bonchev–Trinajstić information content (AvgIpc) is 2.63. The highest BCUT2D eigenvalue weighted by atomic mass is 16.4. The number of allylic oxidation sites excluding steroid dienone is 6. The molecule has 1 N–H and O–H groups in total. The third kappa shape index (κ3) is 17.5. The lowest BCUT2D eigenvalue weighted by atomic mass is 9.95. The molecule has 0 aromatic carbocycles. The summed E-state index contributed by atoms with van der Waals surface area (Å²) in [7, 11) is 0. The van der Waals surface area contributed by atoms with Crippen molar-refractivity contribution in [1.29, 1.82) is 0 Å². The third-order valence-corrected chi connectivity index (χ3v) is 4.75. The molecule has 0 heterocycles.